The smallest absolute Gasteiger partial charge is 0.407 e. The maximum Gasteiger partial charge on any atom is 0.407 e. The summed E-state index contributed by atoms with van der Waals surface area (Å²) in [5, 5.41) is 13.9. The van der Waals surface area contributed by atoms with Gasteiger partial charge in [-0.1, -0.05) is 11.2 Å². The van der Waals surface area contributed by atoms with E-state index in [1.165, 1.54) is 6.07 Å². The fourth-order valence-corrected chi connectivity index (χ4v) is 1.42. The fraction of sp³-hybridized carbons (Fsp3) is 0.385. The summed E-state index contributed by atoms with van der Waals surface area (Å²) < 4.78 is 32.0. The topological polar surface area (TPSA) is 70.9 Å². The molecule has 0 radical (unpaired) electrons. The molecule has 0 aliphatic carbocycles. The second kappa shape index (κ2) is 6.31. The minimum absolute atomic E-state index is 0.341. The van der Waals surface area contributed by atoms with E-state index in [2.05, 4.69) is 10.5 Å². The molecule has 0 spiro atoms. The third kappa shape index (κ3) is 4.49. The Labute approximate surface area is 115 Å². The summed E-state index contributed by atoms with van der Waals surface area (Å²) in [6.07, 6.45) is -0.782. The van der Waals surface area contributed by atoms with Crippen molar-refractivity contribution >= 4 is 11.8 Å². The van der Waals surface area contributed by atoms with Gasteiger partial charge in [0, 0.05) is 0 Å². The van der Waals surface area contributed by atoms with Crippen LogP contribution in [-0.4, -0.2) is 29.2 Å². The lowest BCUT2D eigenvalue weighted by Crippen LogP contribution is -2.36. The van der Waals surface area contributed by atoms with E-state index in [0.717, 1.165) is 12.1 Å². The number of hydrogen-bond acceptors (Lipinski definition) is 4. The quantitative estimate of drug-likeness (QED) is 0.510. The van der Waals surface area contributed by atoms with Crippen molar-refractivity contribution in [2.24, 2.45) is 5.16 Å². The zero-order valence-corrected chi connectivity index (χ0v) is 11.4. The number of nitrogens with zero attached hydrogens (tertiary/aromatic N) is 1. The van der Waals surface area contributed by atoms with Crippen LogP contribution >= 0.6 is 0 Å². The number of hydrogen-bond donors (Lipinski definition) is 2. The van der Waals surface area contributed by atoms with Crippen molar-refractivity contribution in [3.8, 4) is 0 Å². The number of amides is 1. The standard InChI is InChI=1S/C13H16F2N2O3/c1-13(2,3)20-12(18)16-7-10(17-19)11-8(14)5-4-6-9(11)15/h4-6,19H,7H2,1-3H3,(H,16,18)/b17-10+. The molecule has 0 fully saturated rings. The van der Waals surface area contributed by atoms with Gasteiger partial charge in [0.2, 0.25) is 0 Å². The SMILES string of the molecule is CC(C)(C)OC(=O)NC/C(=N\O)c1c(F)cccc1F. The van der Waals surface area contributed by atoms with Crippen LogP contribution in [-0.2, 0) is 4.74 Å². The number of carbonyl (C=O) groups is 1. The molecule has 0 saturated heterocycles. The molecule has 0 aromatic heterocycles. The lowest BCUT2D eigenvalue weighted by molar-refractivity contribution is 0.0536. The van der Waals surface area contributed by atoms with Gasteiger partial charge in [-0.05, 0) is 32.9 Å². The van der Waals surface area contributed by atoms with Gasteiger partial charge in [-0.25, -0.2) is 13.6 Å². The van der Waals surface area contributed by atoms with Crippen LogP contribution in [0.4, 0.5) is 13.6 Å². The summed E-state index contributed by atoms with van der Waals surface area (Å²) in [5.41, 5.74) is -1.54. The highest BCUT2D eigenvalue weighted by Gasteiger charge is 2.19. The van der Waals surface area contributed by atoms with E-state index in [9.17, 15) is 13.6 Å². The van der Waals surface area contributed by atoms with Gasteiger partial charge in [-0.15, -0.1) is 0 Å². The van der Waals surface area contributed by atoms with Crippen molar-refractivity contribution in [3.63, 3.8) is 0 Å². The Hall–Kier alpha value is -2.18. The molecule has 1 amide bonds. The Morgan fingerprint density at radius 1 is 1.35 bits per heavy atom. The van der Waals surface area contributed by atoms with Crippen molar-refractivity contribution in [3.05, 3.63) is 35.4 Å². The van der Waals surface area contributed by atoms with Gasteiger partial charge < -0.3 is 15.3 Å². The first-order valence-electron chi connectivity index (χ1n) is 5.87. The van der Waals surface area contributed by atoms with Crippen molar-refractivity contribution in [2.75, 3.05) is 6.54 Å². The Bertz CT molecular complexity index is 505. The maximum atomic E-state index is 13.5. The summed E-state index contributed by atoms with van der Waals surface area (Å²) in [6.45, 7) is 4.64. The minimum Gasteiger partial charge on any atom is -0.444 e. The average Bonchev–Trinajstić information content (AvgIpc) is 2.30. The van der Waals surface area contributed by atoms with Gasteiger partial charge >= 0.3 is 6.09 Å². The Balaban J connectivity index is 2.78. The molecule has 0 heterocycles. The lowest BCUT2D eigenvalue weighted by atomic mass is 10.1. The molecule has 0 aliphatic rings. The molecule has 0 bridgehead atoms. The van der Waals surface area contributed by atoms with E-state index in [-0.39, 0.29) is 12.3 Å². The molecular formula is C13H16F2N2O3. The van der Waals surface area contributed by atoms with E-state index < -0.39 is 28.9 Å². The molecule has 20 heavy (non-hydrogen) atoms. The van der Waals surface area contributed by atoms with E-state index in [0.29, 0.717) is 0 Å². The number of oxime groups is 1. The van der Waals surface area contributed by atoms with Gasteiger partial charge in [0.25, 0.3) is 0 Å². The van der Waals surface area contributed by atoms with Crippen molar-refractivity contribution in [2.45, 2.75) is 26.4 Å². The highest BCUT2D eigenvalue weighted by molar-refractivity contribution is 6.03. The summed E-state index contributed by atoms with van der Waals surface area (Å²) >= 11 is 0. The minimum atomic E-state index is -0.885. The van der Waals surface area contributed by atoms with Crippen LogP contribution in [0.15, 0.2) is 23.4 Å². The highest BCUT2D eigenvalue weighted by atomic mass is 19.1. The fourth-order valence-electron chi connectivity index (χ4n) is 1.42. The third-order valence-corrected chi connectivity index (χ3v) is 2.17. The highest BCUT2D eigenvalue weighted by Crippen LogP contribution is 2.13. The first-order chi connectivity index (χ1) is 9.24. The second-order valence-electron chi connectivity index (χ2n) is 5.00. The van der Waals surface area contributed by atoms with E-state index in [1.807, 2.05) is 0 Å². The van der Waals surface area contributed by atoms with Crippen molar-refractivity contribution < 1.29 is 23.5 Å². The average molecular weight is 286 g/mol. The monoisotopic (exact) mass is 286 g/mol. The van der Waals surface area contributed by atoms with Crippen LogP contribution in [0.25, 0.3) is 0 Å². The Morgan fingerprint density at radius 3 is 2.35 bits per heavy atom. The zero-order chi connectivity index (χ0) is 15.3. The molecule has 5 nitrogen and oxygen atoms in total. The van der Waals surface area contributed by atoms with Gasteiger partial charge in [0.05, 0.1) is 12.1 Å². The number of nitrogens with one attached hydrogen (secondary N) is 1. The van der Waals surface area contributed by atoms with Gasteiger partial charge in [0.1, 0.15) is 22.9 Å². The lowest BCUT2D eigenvalue weighted by Gasteiger charge is -2.19. The predicted molar refractivity (Wildman–Crippen MR) is 68.9 cm³/mol. The molecule has 0 aliphatic heterocycles. The van der Waals surface area contributed by atoms with Crippen LogP contribution in [0.5, 0.6) is 0 Å². The summed E-state index contributed by atoms with van der Waals surface area (Å²) in [4.78, 5) is 11.4. The molecule has 1 aromatic carbocycles. The van der Waals surface area contributed by atoms with Crippen LogP contribution in [0, 0.1) is 11.6 Å². The molecule has 1 aromatic rings. The van der Waals surface area contributed by atoms with Gasteiger partial charge in [-0.2, -0.15) is 0 Å². The molecule has 110 valence electrons. The van der Waals surface area contributed by atoms with Crippen LogP contribution in [0.1, 0.15) is 26.3 Å². The number of benzene rings is 1. The molecule has 0 unspecified atom stereocenters. The number of ether oxygens (including phenoxy) is 1. The molecule has 1 rings (SSSR count). The summed E-state index contributed by atoms with van der Waals surface area (Å²) in [6, 6.07) is 3.23. The van der Waals surface area contributed by atoms with E-state index in [1.54, 1.807) is 20.8 Å². The molecule has 0 atom stereocenters. The van der Waals surface area contributed by atoms with Crippen LogP contribution < -0.4 is 5.32 Å². The van der Waals surface area contributed by atoms with E-state index >= 15 is 0 Å². The Kier molecular flexibility index (Phi) is 5.01. The molecule has 2 N–H and O–H groups in total. The molecule has 7 heteroatoms. The predicted octanol–water partition coefficient (Wildman–Crippen LogP) is 2.67. The largest absolute Gasteiger partial charge is 0.444 e. The first-order valence-corrected chi connectivity index (χ1v) is 5.87. The Morgan fingerprint density at radius 2 is 1.90 bits per heavy atom. The van der Waals surface area contributed by atoms with Crippen molar-refractivity contribution in [1.29, 1.82) is 0 Å². The third-order valence-electron chi connectivity index (χ3n) is 2.17. The summed E-state index contributed by atoms with van der Waals surface area (Å²) in [5.74, 6) is -1.77. The first kappa shape index (κ1) is 15.9. The summed E-state index contributed by atoms with van der Waals surface area (Å²) in [7, 11) is 0. The zero-order valence-electron chi connectivity index (χ0n) is 11.4. The molecular weight excluding hydrogens is 270 g/mol. The van der Waals surface area contributed by atoms with Gasteiger partial charge in [-0.3, -0.25) is 0 Å². The maximum absolute atomic E-state index is 13.5. The number of rotatable bonds is 3. The normalized spacial score (nSPS) is 12.2. The number of halogens is 2. The van der Waals surface area contributed by atoms with Crippen LogP contribution in [0.2, 0.25) is 0 Å². The molecule has 0 saturated carbocycles. The van der Waals surface area contributed by atoms with Crippen molar-refractivity contribution in [1.82, 2.24) is 5.32 Å². The van der Waals surface area contributed by atoms with Gasteiger partial charge in [0.15, 0.2) is 0 Å². The number of alkyl carbamates (subject to hydrolysis) is 1. The van der Waals surface area contributed by atoms with E-state index in [4.69, 9.17) is 9.94 Å². The van der Waals surface area contributed by atoms with Crippen LogP contribution in [0.3, 0.4) is 0 Å². The second-order valence-corrected chi connectivity index (χ2v) is 5.00. The number of carbonyl (C=O) groups excluding carboxylic acids is 1.